The Morgan fingerprint density at radius 2 is 1.66 bits per heavy atom. The molecule has 0 radical (unpaired) electrons. The van der Waals surface area contributed by atoms with Crippen molar-refractivity contribution in [1.29, 1.82) is 0 Å². The van der Waals surface area contributed by atoms with Crippen LogP contribution in [0, 0.1) is 0 Å². The molecular weight excluding hydrogens is 428 g/mol. The van der Waals surface area contributed by atoms with Crippen molar-refractivity contribution in [3.05, 3.63) is 71.4 Å². The molecule has 0 saturated carbocycles. The number of aromatic nitrogens is 3. The average Bonchev–Trinajstić information content (AvgIpc) is 3.04. The second-order valence-corrected chi connectivity index (χ2v) is 10.4. The summed E-state index contributed by atoms with van der Waals surface area (Å²) in [5.41, 5.74) is 0.371. The molecule has 8 nitrogen and oxygen atoms in total. The summed E-state index contributed by atoms with van der Waals surface area (Å²) in [6, 6.07) is 12.0. The number of hydrogen-bond donors (Lipinski definition) is 0. The molecule has 0 spiro atoms. The summed E-state index contributed by atoms with van der Waals surface area (Å²) in [6.45, 7) is 0. The van der Waals surface area contributed by atoms with Crippen LogP contribution in [0.4, 0.5) is 5.95 Å². The predicted molar refractivity (Wildman–Crippen MR) is 120 cm³/mol. The number of ether oxygens (including phenoxy) is 1. The minimum absolute atomic E-state index is 0.0387. The first-order valence-electron chi connectivity index (χ1n) is 10.6. The second-order valence-electron chi connectivity index (χ2n) is 8.39. The Morgan fingerprint density at radius 1 is 1.00 bits per heavy atom. The molecule has 2 fully saturated rings. The Morgan fingerprint density at radius 3 is 2.25 bits per heavy atom. The highest BCUT2D eigenvalue weighted by Crippen LogP contribution is 2.38. The zero-order valence-corrected chi connectivity index (χ0v) is 18.5. The van der Waals surface area contributed by atoms with Gasteiger partial charge in [-0.1, -0.05) is 0 Å². The van der Waals surface area contributed by atoms with E-state index < -0.39 is 9.84 Å². The Labute approximate surface area is 186 Å². The van der Waals surface area contributed by atoms with Gasteiger partial charge in [-0.05, 0) is 49.2 Å². The van der Waals surface area contributed by atoms with Crippen molar-refractivity contribution in [2.75, 3.05) is 11.2 Å². The fourth-order valence-corrected chi connectivity index (χ4v) is 5.40. The Bertz CT molecular complexity index is 1260. The highest BCUT2D eigenvalue weighted by Gasteiger charge is 2.42. The van der Waals surface area contributed by atoms with Crippen LogP contribution in [0.5, 0.6) is 5.75 Å². The lowest BCUT2D eigenvalue weighted by Gasteiger charge is -2.38. The lowest BCUT2D eigenvalue weighted by molar-refractivity contribution is 0.149. The van der Waals surface area contributed by atoms with E-state index in [0.29, 0.717) is 23.5 Å². The van der Waals surface area contributed by atoms with Gasteiger partial charge in [-0.3, -0.25) is 9.36 Å². The van der Waals surface area contributed by atoms with E-state index in [9.17, 15) is 13.2 Å². The predicted octanol–water partition coefficient (Wildman–Crippen LogP) is 2.61. The molecule has 2 atom stereocenters. The molecule has 32 heavy (non-hydrogen) atoms. The van der Waals surface area contributed by atoms with Crippen LogP contribution in [-0.2, 0) is 9.84 Å². The standard InChI is InChI=1S/C23H24N4O4S/c1-32(29,30)21-7-5-16(6-8-21)26-12-9-19(15-22(26)28)31-20-13-17-3-4-18(14-20)27(17)23-24-10-2-11-25-23/h2,5-12,15,17-18,20H,3-4,13-14H2,1H3/t17-,18-/m1/s1. The van der Waals surface area contributed by atoms with Crippen LogP contribution in [0.15, 0.2) is 70.7 Å². The van der Waals surface area contributed by atoms with E-state index in [4.69, 9.17) is 4.74 Å². The number of anilines is 1. The maximum absolute atomic E-state index is 12.7. The van der Waals surface area contributed by atoms with Crippen LogP contribution in [0.1, 0.15) is 25.7 Å². The summed E-state index contributed by atoms with van der Waals surface area (Å²) in [6.07, 6.45) is 10.3. The summed E-state index contributed by atoms with van der Waals surface area (Å²) >= 11 is 0. The second kappa shape index (κ2) is 8.05. The van der Waals surface area contributed by atoms with E-state index in [0.717, 1.165) is 37.9 Å². The van der Waals surface area contributed by atoms with Gasteiger partial charge in [0.05, 0.1) is 4.90 Å². The first kappa shape index (κ1) is 20.7. The van der Waals surface area contributed by atoms with Crippen molar-refractivity contribution in [3.63, 3.8) is 0 Å². The number of piperidine rings is 1. The molecule has 1 aromatic carbocycles. The van der Waals surface area contributed by atoms with E-state index >= 15 is 0 Å². The van der Waals surface area contributed by atoms with Gasteiger partial charge < -0.3 is 9.64 Å². The third-order valence-electron chi connectivity index (χ3n) is 6.21. The molecule has 0 unspecified atom stereocenters. The normalized spacial score (nSPS) is 22.7. The molecule has 3 aromatic rings. The Hall–Kier alpha value is -3.20. The quantitative estimate of drug-likeness (QED) is 0.587. The van der Waals surface area contributed by atoms with Crippen molar-refractivity contribution < 1.29 is 13.2 Å². The van der Waals surface area contributed by atoms with Crippen LogP contribution in [0.2, 0.25) is 0 Å². The molecule has 5 rings (SSSR count). The Kier molecular flexibility index (Phi) is 5.21. The van der Waals surface area contributed by atoms with Crippen molar-refractivity contribution >= 4 is 15.8 Å². The molecule has 2 saturated heterocycles. The van der Waals surface area contributed by atoms with E-state index in [-0.39, 0.29) is 16.6 Å². The topological polar surface area (TPSA) is 94.4 Å². The first-order valence-corrected chi connectivity index (χ1v) is 12.5. The van der Waals surface area contributed by atoms with Crippen LogP contribution in [-0.4, -0.2) is 47.4 Å². The van der Waals surface area contributed by atoms with Crippen molar-refractivity contribution in [2.45, 2.75) is 48.8 Å². The Balaban J connectivity index is 1.29. The SMILES string of the molecule is CS(=O)(=O)c1ccc(-n2ccc(OC3C[C@H]4CC[C@H](C3)N4c3ncccn3)cc2=O)cc1. The third-order valence-corrected chi connectivity index (χ3v) is 7.34. The lowest BCUT2D eigenvalue weighted by Crippen LogP contribution is -2.47. The van der Waals surface area contributed by atoms with Gasteiger partial charge in [0, 0.05) is 61.5 Å². The molecule has 0 aliphatic carbocycles. The van der Waals surface area contributed by atoms with E-state index in [1.807, 2.05) is 6.07 Å². The number of pyridine rings is 1. The van der Waals surface area contributed by atoms with E-state index in [1.165, 1.54) is 22.8 Å². The molecule has 4 heterocycles. The first-order chi connectivity index (χ1) is 15.4. The maximum Gasteiger partial charge on any atom is 0.258 e. The molecule has 2 aliphatic heterocycles. The van der Waals surface area contributed by atoms with Gasteiger partial charge in [-0.25, -0.2) is 18.4 Å². The molecule has 166 valence electrons. The van der Waals surface area contributed by atoms with E-state index in [1.54, 1.807) is 36.8 Å². The molecule has 2 aromatic heterocycles. The molecule has 2 bridgehead atoms. The number of nitrogens with zero attached hydrogens (tertiary/aromatic N) is 4. The number of sulfone groups is 1. The molecule has 0 amide bonds. The minimum atomic E-state index is -3.28. The fraction of sp³-hybridized carbons (Fsp3) is 0.348. The van der Waals surface area contributed by atoms with Crippen LogP contribution >= 0.6 is 0 Å². The zero-order valence-electron chi connectivity index (χ0n) is 17.7. The number of fused-ring (bicyclic) bond motifs is 2. The number of hydrogen-bond acceptors (Lipinski definition) is 7. The van der Waals surface area contributed by atoms with Gasteiger partial charge in [-0.2, -0.15) is 0 Å². The lowest BCUT2D eigenvalue weighted by atomic mass is 10.00. The summed E-state index contributed by atoms with van der Waals surface area (Å²) in [4.78, 5) is 24.1. The summed E-state index contributed by atoms with van der Waals surface area (Å²) in [7, 11) is -3.28. The van der Waals surface area contributed by atoms with Crippen molar-refractivity contribution in [1.82, 2.24) is 14.5 Å². The smallest absolute Gasteiger partial charge is 0.258 e. The number of rotatable bonds is 5. The molecule has 2 aliphatic rings. The summed E-state index contributed by atoms with van der Waals surface area (Å²) in [5.74, 6) is 1.33. The molecular formula is C23H24N4O4S. The number of benzene rings is 1. The maximum atomic E-state index is 12.7. The van der Waals surface area contributed by atoms with Gasteiger partial charge in [-0.15, -0.1) is 0 Å². The van der Waals surface area contributed by atoms with E-state index in [2.05, 4.69) is 14.9 Å². The van der Waals surface area contributed by atoms with Gasteiger partial charge in [0.15, 0.2) is 9.84 Å². The van der Waals surface area contributed by atoms with Crippen LogP contribution in [0.25, 0.3) is 5.69 Å². The summed E-state index contributed by atoms with van der Waals surface area (Å²) in [5, 5.41) is 0. The van der Waals surface area contributed by atoms with Gasteiger partial charge in [0.1, 0.15) is 11.9 Å². The van der Waals surface area contributed by atoms with Gasteiger partial charge >= 0.3 is 0 Å². The highest BCUT2D eigenvalue weighted by molar-refractivity contribution is 7.90. The monoisotopic (exact) mass is 452 g/mol. The van der Waals surface area contributed by atoms with Gasteiger partial charge in [0.25, 0.3) is 5.56 Å². The van der Waals surface area contributed by atoms with Crippen LogP contribution in [0.3, 0.4) is 0 Å². The van der Waals surface area contributed by atoms with Crippen molar-refractivity contribution in [3.8, 4) is 11.4 Å². The largest absolute Gasteiger partial charge is 0.490 e. The average molecular weight is 453 g/mol. The molecule has 0 N–H and O–H groups in total. The van der Waals surface area contributed by atoms with Crippen LogP contribution < -0.4 is 15.2 Å². The molecule has 9 heteroatoms. The third kappa shape index (κ3) is 4.00. The highest BCUT2D eigenvalue weighted by atomic mass is 32.2. The zero-order chi connectivity index (χ0) is 22.3. The van der Waals surface area contributed by atoms with Gasteiger partial charge in [0.2, 0.25) is 5.95 Å². The van der Waals surface area contributed by atoms with Crippen molar-refractivity contribution in [2.24, 2.45) is 0 Å². The summed E-state index contributed by atoms with van der Waals surface area (Å²) < 4.78 is 30.9. The fourth-order valence-electron chi connectivity index (χ4n) is 4.77. The minimum Gasteiger partial charge on any atom is -0.490 e.